The van der Waals surface area contributed by atoms with Gasteiger partial charge in [0.15, 0.2) is 0 Å². The summed E-state index contributed by atoms with van der Waals surface area (Å²) in [4.78, 5) is 14.5. The third-order valence-electron chi connectivity index (χ3n) is 5.07. The van der Waals surface area contributed by atoms with Crippen molar-refractivity contribution in [2.75, 3.05) is 20.1 Å². The number of carbonyl (C=O) groups is 1. The topological polar surface area (TPSA) is 82.2 Å². The maximum Gasteiger partial charge on any atom is 0.238 e. The Morgan fingerprint density at radius 1 is 1.30 bits per heavy atom. The van der Waals surface area contributed by atoms with Crippen LogP contribution in [0.25, 0.3) is 0 Å². The fourth-order valence-corrected chi connectivity index (χ4v) is 3.48. The van der Waals surface area contributed by atoms with Crippen LogP contribution >= 0.6 is 24.8 Å². The normalized spacial score (nSPS) is 22.8. The molecular weight excluding hydrogens is 335 g/mol. The number of carbonyl (C=O) groups excluding carboxylic acids is 1. The summed E-state index contributed by atoms with van der Waals surface area (Å²) in [5.41, 5.74) is 5.36. The molecule has 1 saturated carbocycles. The number of likely N-dealkylation sites (tertiary alicyclic amines) is 1. The molecule has 3 N–H and O–H groups in total. The molecule has 2 aliphatic rings. The summed E-state index contributed by atoms with van der Waals surface area (Å²) < 4.78 is 0. The van der Waals surface area contributed by atoms with Gasteiger partial charge >= 0.3 is 0 Å². The molecule has 0 bridgehead atoms. The van der Waals surface area contributed by atoms with Gasteiger partial charge in [0.2, 0.25) is 5.91 Å². The molecule has 0 aromatic heterocycles. The molecule has 1 saturated heterocycles. The fourth-order valence-electron chi connectivity index (χ4n) is 3.48. The third-order valence-corrected chi connectivity index (χ3v) is 5.07. The smallest absolute Gasteiger partial charge is 0.238 e. The Kier molecular flexibility index (Phi) is 10.1. The average Bonchev–Trinajstić information content (AvgIpc) is 2.51. The Labute approximate surface area is 152 Å². The lowest BCUT2D eigenvalue weighted by atomic mass is 9.84. The van der Waals surface area contributed by atoms with Crippen LogP contribution < -0.4 is 11.1 Å². The van der Waals surface area contributed by atoms with Gasteiger partial charge in [0.25, 0.3) is 0 Å². The number of piperidine rings is 1. The van der Waals surface area contributed by atoms with E-state index >= 15 is 0 Å². The molecule has 1 amide bonds. The standard InChI is InChI=1S/C16H28N4O.2ClH/c1-20-9-7-16(12-17,8-10-20)19-15(21)14(18)11-13-5-3-2-4-6-13;;/h13-14H,2-11,18H2,1H3,(H,19,21);2*1H. The van der Waals surface area contributed by atoms with Gasteiger partial charge in [0.1, 0.15) is 5.54 Å². The molecule has 0 spiro atoms. The van der Waals surface area contributed by atoms with E-state index in [0.29, 0.717) is 18.8 Å². The monoisotopic (exact) mass is 364 g/mol. The first-order chi connectivity index (χ1) is 10.0. The maximum atomic E-state index is 12.3. The number of nitrogens with two attached hydrogens (primary N) is 1. The van der Waals surface area contributed by atoms with Gasteiger partial charge in [-0.2, -0.15) is 5.26 Å². The average molecular weight is 365 g/mol. The first kappa shape index (κ1) is 22.5. The van der Waals surface area contributed by atoms with Gasteiger partial charge in [-0.25, -0.2) is 0 Å². The zero-order valence-corrected chi connectivity index (χ0v) is 15.6. The van der Waals surface area contributed by atoms with Gasteiger partial charge in [-0.15, -0.1) is 24.8 Å². The number of rotatable bonds is 4. The highest BCUT2D eigenvalue weighted by Crippen LogP contribution is 2.27. The first-order valence-corrected chi connectivity index (χ1v) is 8.22. The second-order valence-corrected chi connectivity index (χ2v) is 6.83. The van der Waals surface area contributed by atoms with Crippen molar-refractivity contribution in [1.29, 1.82) is 5.26 Å². The van der Waals surface area contributed by atoms with Crippen molar-refractivity contribution >= 4 is 30.7 Å². The lowest BCUT2D eigenvalue weighted by Crippen LogP contribution is -2.57. The molecule has 2 fully saturated rings. The van der Waals surface area contributed by atoms with Crippen molar-refractivity contribution in [3.8, 4) is 6.07 Å². The van der Waals surface area contributed by atoms with Gasteiger partial charge < -0.3 is 16.0 Å². The fraction of sp³-hybridized carbons (Fsp3) is 0.875. The quantitative estimate of drug-likeness (QED) is 0.801. The van der Waals surface area contributed by atoms with Crippen LogP contribution in [0.15, 0.2) is 0 Å². The Balaban J connectivity index is 0.00000242. The van der Waals surface area contributed by atoms with Gasteiger partial charge in [-0.05, 0) is 32.2 Å². The molecule has 0 aromatic carbocycles. The largest absolute Gasteiger partial charge is 0.336 e. The van der Waals surface area contributed by atoms with Crippen LogP contribution in [-0.4, -0.2) is 42.5 Å². The Hall–Kier alpha value is -0.540. The van der Waals surface area contributed by atoms with E-state index in [-0.39, 0.29) is 30.7 Å². The summed E-state index contributed by atoms with van der Waals surface area (Å²) in [6.45, 7) is 1.68. The SMILES string of the molecule is CN1CCC(C#N)(NC(=O)C(N)CC2CCCCC2)CC1.Cl.Cl. The molecule has 7 heteroatoms. The van der Waals surface area contributed by atoms with Gasteiger partial charge in [0.05, 0.1) is 12.1 Å². The van der Waals surface area contributed by atoms with Crippen molar-refractivity contribution in [2.45, 2.75) is 62.9 Å². The van der Waals surface area contributed by atoms with E-state index in [1.807, 2.05) is 7.05 Å². The van der Waals surface area contributed by atoms with Crippen molar-refractivity contribution in [1.82, 2.24) is 10.2 Å². The van der Waals surface area contributed by atoms with E-state index < -0.39 is 11.6 Å². The highest BCUT2D eigenvalue weighted by atomic mass is 35.5. The number of hydrogen-bond donors (Lipinski definition) is 2. The number of halogens is 2. The van der Waals surface area contributed by atoms with Gasteiger partial charge in [-0.1, -0.05) is 32.1 Å². The van der Waals surface area contributed by atoms with Crippen molar-refractivity contribution in [3.63, 3.8) is 0 Å². The number of hydrogen-bond acceptors (Lipinski definition) is 4. The van der Waals surface area contributed by atoms with Gasteiger partial charge in [-0.3, -0.25) is 4.79 Å². The molecule has 1 atom stereocenters. The second kappa shape index (κ2) is 10.4. The van der Waals surface area contributed by atoms with Crippen molar-refractivity contribution in [3.05, 3.63) is 0 Å². The number of nitrogens with one attached hydrogen (secondary N) is 1. The molecular formula is C16H30Cl2N4O. The highest BCUT2D eigenvalue weighted by Gasteiger charge is 2.36. The summed E-state index contributed by atoms with van der Waals surface area (Å²) in [6, 6.07) is 1.84. The summed E-state index contributed by atoms with van der Waals surface area (Å²) in [7, 11) is 2.04. The van der Waals surface area contributed by atoms with Crippen LogP contribution in [0.5, 0.6) is 0 Å². The minimum absolute atomic E-state index is 0. The van der Waals surface area contributed by atoms with Crippen LogP contribution in [0.4, 0.5) is 0 Å². The third kappa shape index (κ3) is 6.46. The summed E-state index contributed by atoms with van der Waals surface area (Å²) in [5, 5.41) is 12.4. The Morgan fingerprint density at radius 3 is 2.39 bits per heavy atom. The molecule has 2 rings (SSSR count). The predicted molar refractivity (Wildman–Crippen MR) is 96.9 cm³/mol. The molecule has 23 heavy (non-hydrogen) atoms. The molecule has 1 unspecified atom stereocenters. The molecule has 134 valence electrons. The van der Waals surface area contributed by atoms with Crippen LogP contribution in [0.1, 0.15) is 51.4 Å². The van der Waals surface area contributed by atoms with E-state index in [0.717, 1.165) is 19.5 Å². The number of amides is 1. The molecule has 0 aromatic rings. The summed E-state index contributed by atoms with van der Waals surface area (Å²) in [5.74, 6) is 0.432. The molecule has 0 radical (unpaired) electrons. The van der Waals surface area contributed by atoms with E-state index in [2.05, 4.69) is 16.3 Å². The van der Waals surface area contributed by atoms with E-state index in [9.17, 15) is 10.1 Å². The minimum Gasteiger partial charge on any atom is -0.336 e. The molecule has 1 aliphatic heterocycles. The Morgan fingerprint density at radius 2 is 1.87 bits per heavy atom. The molecule has 1 heterocycles. The molecule has 5 nitrogen and oxygen atoms in total. The van der Waals surface area contributed by atoms with Crippen molar-refractivity contribution in [2.24, 2.45) is 11.7 Å². The van der Waals surface area contributed by atoms with Crippen LogP contribution in [-0.2, 0) is 4.79 Å². The lowest BCUT2D eigenvalue weighted by Gasteiger charge is -2.36. The highest BCUT2D eigenvalue weighted by molar-refractivity contribution is 5.85. The second-order valence-electron chi connectivity index (χ2n) is 6.83. The van der Waals surface area contributed by atoms with E-state index in [1.54, 1.807) is 0 Å². The zero-order chi connectivity index (χ0) is 15.3. The Bertz CT molecular complexity index is 399. The summed E-state index contributed by atoms with van der Waals surface area (Å²) >= 11 is 0. The zero-order valence-electron chi connectivity index (χ0n) is 13.9. The lowest BCUT2D eigenvalue weighted by molar-refractivity contribution is -0.124. The number of nitriles is 1. The first-order valence-electron chi connectivity index (χ1n) is 8.22. The minimum atomic E-state index is -0.715. The van der Waals surface area contributed by atoms with Crippen LogP contribution in [0.2, 0.25) is 0 Å². The maximum absolute atomic E-state index is 12.3. The van der Waals surface area contributed by atoms with Crippen molar-refractivity contribution < 1.29 is 4.79 Å². The summed E-state index contributed by atoms with van der Waals surface area (Å²) in [6.07, 6.45) is 8.32. The predicted octanol–water partition coefficient (Wildman–Crippen LogP) is 2.23. The number of nitrogens with zero attached hydrogens (tertiary/aromatic N) is 2. The van der Waals surface area contributed by atoms with Gasteiger partial charge in [0, 0.05) is 13.1 Å². The van der Waals surface area contributed by atoms with E-state index in [1.165, 1.54) is 32.1 Å². The van der Waals surface area contributed by atoms with Crippen LogP contribution in [0.3, 0.4) is 0 Å². The van der Waals surface area contributed by atoms with E-state index in [4.69, 9.17) is 5.73 Å². The van der Waals surface area contributed by atoms with Crippen LogP contribution in [0, 0.1) is 17.2 Å². The molecule has 1 aliphatic carbocycles.